The molecule has 0 aromatic heterocycles. The summed E-state index contributed by atoms with van der Waals surface area (Å²) in [6.45, 7) is 1.57. The maximum absolute atomic E-state index is 13.0. The molecule has 32 heavy (non-hydrogen) atoms. The van der Waals surface area contributed by atoms with Crippen molar-refractivity contribution in [3.63, 3.8) is 0 Å². The summed E-state index contributed by atoms with van der Waals surface area (Å²) in [5.41, 5.74) is 2.19. The van der Waals surface area contributed by atoms with Gasteiger partial charge in [-0.05, 0) is 60.2 Å². The molecule has 8 heteroatoms. The Balaban J connectivity index is 1.51. The van der Waals surface area contributed by atoms with Crippen LogP contribution in [0.4, 0.5) is 15.8 Å². The summed E-state index contributed by atoms with van der Waals surface area (Å²) in [6, 6.07) is 16.4. The third kappa shape index (κ3) is 4.11. The van der Waals surface area contributed by atoms with Gasteiger partial charge in [-0.25, -0.2) is 9.29 Å². The van der Waals surface area contributed by atoms with E-state index < -0.39 is 17.7 Å². The molecule has 0 bridgehead atoms. The molecule has 0 atom stereocenters. The number of carbonyl (C=O) groups is 4. The average molecular weight is 431 g/mol. The number of hydrogen-bond acceptors (Lipinski definition) is 4. The predicted octanol–water partition coefficient (Wildman–Crippen LogP) is 3.51. The molecule has 3 aromatic rings. The van der Waals surface area contributed by atoms with Gasteiger partial charge in [0, 0.05) is 24.7 Å². The van der Waals surface area contributed by atoms with E-state index in [4.69, 9.17) is 0 Å². The van der Waals surface area contributed by atoms with Crippen LogP contribution >= 0.6 is 0 Å². The first-order valence-corrected chi connectivity index (χ1v) is 9.76. The Morgan fingerprint density at radius 3 is 2.19 bits per heavy atom. The number of benzene rings is 3. The molecule has 0 saturated heterocycles. The fourth-order valence-corrected chi connectivity index (χ4v) is 3.40. The van der Waals surface area contributed by atoms with Gasteiger partial charge in [0.25, 0.3) is 17.7 Å². The van der Waals surface area contributed by atoms with Crippen LogP contribution in [0.2, 0.25) is 0 Å². The van der Waals surface area contributed by atoms with Crippen molar-refractivity contribution in [1.29, 1.82) is 0 Å². The number of hydrogen-bond donors (Lipinski definition) is 2. The molecule has 1 aliphatic rings. The van der Waals surface area contributed by atoms with Crippen LogP contribution in [0, 0.1) is 5.82 Å². The molecular weight excluding hydrogens is 413 g/mol. The lowest BCUT2D eigenvalue weighted by atomic mass is 10.1. The SMILES string of the molecule is CC(=O)Nc1ccc(N2C(=O)c3ccc(C(=O)NCc4ccc(F)cc4)cc3C2=O)cc1. The van der Waals surface area contributed by atoms with Crippen LogP contribution in [0.3, 0.4) is 0 Å². The zero-order valence-electron chi connectivity index (χ0n) is 17.0. The molecule has 1 aliphatic heterocycles. The summed E-state index contributed by atoms with van der Waals surface area (Å²) < 4.78 is 13.0. The quantitative estimate of drug-likeness (QED) is 0.605. The third-order valence-corrected chi connectivity index (χ3v) is 4.96. The van der Waals surface area contributed by atoms with Crippen LogP contribution in [0.25, 0.3) is 0 Å². The molecule has 160 valence electrons. The molecular formula is C24H18FN3O4. The molecule has 0 aliphatic carbocycles. The van der Waals surface area contributed by atoms with Gasteiger partial charge in [0.2, 0.25) is 5.91 Å². The smallest absolute Gasteiger partial charge is 0.266 e. The van der Waals surface area contributed by atoms with E-state index in [0.29, 0.717) is 11.4 Å². The number of halogens is 1. The van der Waals surface area contributed by atoms with Crippen LogP contribution in [-0.4, -0.2) is 23.6 Å². The molecule has 3 aromatic carbocycles. The van der Waals surface area contributed by atoms with E-state index in [1.165, 1.54) is 37.3 Å². The van der Waals surface area contributed by atoms with E-state index in [9.17, 15) is 23.6 Å². The van der Waals surface area contributed by atoms with Crippen LogP contribution in [-0.2, 0) is 11.3 Å². The van der Waals surface area contributed by atoms with Gasteiger partial charge in [-0.3, -0.25) is 19.2 Å². The van der Waals surface area contributed by atoms with Gasteiger partial charge in [0.15, 0.2) is 0 Å². The highest BCUT2D eigenvalue weighted by molar-refractivity contribution is 6.34. The Hall–Kier alpha value is -4.33. The van der Waals surface area contributed by atoms with E-state index in [2.05, 4.69) is 10.6 Å². The molecule has 0 unspecified atom stereocenters. The Kier molecular flexibility index (Phi) is 5.51. The third-order valence-electron chi connectivity index (χ3n) is 4.96. The van der Waals surface area contributed by atoms with Gasteiger partial charge >= 0.3 is 0 Å². The average Bonchev–Trinajstić information content (AvgIpc) is 3.03. The number of imide groups is 1. The summed E-state index contributed by atoms with van der Waals surface area (Å²) in [7, 11) is 0. The maximum Gasteiger partial charge on any atom is 0.266 e. The summed E-state index contributed by atoms with van der Waals surface area (Å²) in [4.78, 5) is 50.4. The number of anilines is 2. The normalized spacial score (nSPS) is 12.5. The van der Waals surface area contributed by atoms with E-state index in [1.54, 1.807) is 36.4 Å². The van der Waals surface area contributed by atoms with Crippen molar-refractivity contribution in [2.24, 2.45) is 0 Å². The highest BCUT2D eigenvalue weighted by Gasteiger charge is 2.37. The largest absolute Gasteiger partial charge is 0.348 e. The predicted molar refractivity (Wildman–Crippen MR) is 116 cm³/mol. The van der Waals surface area contributed by atoms with Crippen molar-refractivity contribution in [3.8, 4) is 0 Å². The topological polar surface area (TPSA) is 95.6 Å². The molecule has 0 fully saturated rings. The zero-order chi connectivity index (χ0) is 22.8. The fourth-order valence-electron chi connectivity index (χ4n) is 3.40. The van der Waals surface area contributed by atoms with E-state index in [0.717, 1.165) is 10.5 Å². The lowest BCUT2D eigenvalue weighted by Crippen LogP contribution is -2.29. The zero-order valence-corrected chi connectivity index (χ0v) is 17.0. The van der Waals surface area contributed by atoms with Crippen molar-refractivity contribution < 1.29 is 23.6 Å². The van der Waals surface area contributed by atoms with Crippen molar-refractivity contribution in [2.45, 2.75) is 13.5 Å². The Labute approximate surface area is 182 Å². The van der Waals surface area contributed by atoms with Gasteiger partial charge in [0.1, 0.15) is 5.82 Å². The van der Waals surface area contributed by atoms with Gasteiger partial charge in [-0.2, -0.15) is 0 Å². The fraction of sp³-hybridized carbons (Fsp3) is 0.0833. The number of fused-ring (bicyclic) bond motifs is 1. The van der Waals surface area contributed by atoms with E-state index >= 15 is 0 Å². The van der Waals surface area contributed by atoms with Crippen molar-refractivity contribution >= 4 is 35.0 Å². The number of rotatable bonds is 5. The van der Waals surface area contributed by atoms with Gasteiger partial charge < -0.3 is 10.6 Å². The van der Waals surface area contributed by atoms with Crippen LogP contribution in [0.5, 0.6) is 0 Å². The molecule has 1 heterocycles. The first kappa shape index (κ1) is 20.9. The van der Waals surface area contributed by atoms with Crippen LogP contribution < -0.4 is 15.5 Å². The number of carbonyl (C=O) groups excluding carboxylic acids is 4. The Bertz CT molecular complexity index is 1240. The Morgan fingerprint density at radius 1 is 0.875 bits per heavy atom. The van der Waals surface area contributed by atoms with E-state index in [1.807, 2.05) is 0 Å². The molecule has 7 nitrogen and oxygen atoms in total. The summed E-state index contributed by atoms with van der Waals surface area (Å²) in [5.74, 6) is -2.05. The maximum atomic E-state index is 13.0. The Morgan fingerprint density at radius 2 is 1.53 bits per heavy atom. The highest BCUT2D eigenvalue weighted by atomic mass is 19.1. The minimum Gasteiger partial charge on any atom is -0.348 e. The van der Waals surface area contributed by atoms with Crippen molar-refractivity contribution in [1.82, 2.24) is 5.32 Å². The minimum atomic E-state index is -0.537. The van der Waals surface area contributed by atoms with Gasteiger partial charge in [-0.1, -0.05) is 12.1 Å². The van der Waals surface area contributed by atoms with Gasteiger partial charge in [-0.15, -0.1) is 0 Å². The van der Waals surface area contributed by atoms with Crippen LogP contribution in [0.15, 0.2) is 66.7 Å². The first-order valence-electron chi connectivity index (χ1n) is 9.76. The number of amides is 4. The number of nitrogens with one attached hydrogen (secondary N) is 2. The summed E-state index contributed by atoms with van der Waals surface area (Å²) in [5, 5.41) is 5.33. The first-order chi connectivity index (χ1) is 15.3. The second kappa shape index (κ2) is 8.43. The molecule has 4 amide bonds. The summed E-state index contributed by atoms with van der Waals surface area (Å²) in [6.07, 6.45) is 0. The molecule has 0 spiro atoms. The monoisotopic (exact) mass is 431 g/mol. The molecule has 2 N–H and O–H groups in total. The lowest BCUT2D eigenvalue weighted by molar-refractivity contribution is -0.114. The minimum absolute atomic E-state index is 0.135. The molecule has 0 radical (unpaired) electrons. The van der Waals surface area contributed by atoms with Crippen LogP contribution in [0.1, 0.15) is 43.6 Å². The second-order valence-electron chi connectivity index (χ2n) is 7.24. The van der Waals surface area contributed by atoms with Gasteiger partial charge in [0.05, 0.1) is 16.8 Å². The summed E-state index contributed by atoms with van der Waals surface area (Å²) >= 11 is 0. The van der Waals surface area contributed by atoms with Crippen molar-refractivity contribution in [3.05, 3.63) is 94.8 Å². The number of nitrogens with zero attached hydrogens (tertiary/aromatic N) is 1. The lowest BCUT2D eigenvalue weighted by Gasteiger charge is -2.14. The highest BCUT2D eigenvalue weighted by Crippen LogP contribution is 2.30. The van der Waals surface area contributed by atoms with E-state index in [-0.39, 0.29) is 35.0 Å². The standard InChI is InChI=1S/C24H18FN3O4/c1-14(29)27-18-7-9-19(10-8-18)28-23(31)20-11-4-16(12-21(20)24(28)32)22(30)26-13-15-2-5-17(25)6-3-15/h2-12H,13H2,1H3,(H,26,30)(H,27,29). The van der Waals surface area contributed by atoms with Crippen molar-refractivity contribution in [2.75, 3.05) is 10.2 Å². The molecule has 0 saturated carbocycles. The molecule has 4 rings (SSSR count). The second-order valence-corrected chi connectivity index (χ2v) is 7.24.